The maximum atomic E-state index is 15.4. The number of alkyl halides is 1. The van der Waals surface area contributed by atoms with Crippen molar-refractivity contribution in [2.75, 3.05) is 26.7 Å². The van der Waals surface area contributed by atoms with Crippen molar-refractivity contribution in [1.82, 2.24) is 45.6 Å². The Morgan fingerprint density at radius 1 is 1.10 bits per heavy atom. The number of nitrogens with zero attached hydrogens (tertiary/aromatic N) is 6. The number of nitrogens with one attached hydrogen (secondary N) is 3. The van der Waals surface area contributed by atoms with E-state index in [4.69, 9.17) is 23.2 Å². The molecule has 10 nitrogen and oxygen atoms in total. The van der Waals surface area contributed by atoms with Crippen LogP contribution in [0.25, 0.3) is 16.9 Å². The largest absolute Gasteiger partial charge is 0.312 e. The minimum Gasteiger partial charge on any atom is -0.312 e. The molecule has 7 atom stereocenters. The minimum absolute atomic E-state index is 0.0100. The molecule has 0 saturated carbocycles. The van der Waals surface area contributed by atoms with E-state index in [0.29, 0.717) is 25.3 Å². The minimum atomic E-state index is -1.02. The van der Waals surface area contributed by atoms with Crippen LogP contribution in [0.1, 0.15) is 38.6 Å². The number of halogens is 4. The maximum absolute atomic E-state index is 15.4. The number of hydrogen-bond acceptors (Lipinski definition) is 8. The van der Waals surface area contributed by atoms with Crippen LogP contribution in [0, 0.1) is 17.7 Å². The molecule has 3 aliphatic rings. The zero-order chi connectivity index (χ0) is 29.5. The number of rotatable bonds is 3. The summed E-state index contributed by atoms with van der Waals surface area (Å²) in [6, 6.07) is 4.36. The van der Waals surface area contributed by atoms with Gasteiger partial charge in [-0.3, -0.25) is 14.8 Å². The summed E-state index contributed by atoms with van der Waals surface area (Å²) in [5.74, 6) is -0.524. The molecule has 3 aromatic rings. The summed E-state index contributed by atoms with van der Waals surface area (Å²) in [6.07, 6.45) is 4.47. The molecule has 14 heteroatoms. The van der Waals surface area contributed by atoms with E-state index in [1.807, 2.05) is 6.92 Å². The highest BCUT2D eigenvalue weighted by Gasteiger charge is 2.42. The van der Waals surface area contributed by atoms with Gasteiger partial charge in [0.15, 0.2) is 11.0 Å². The van der Waals surface area contributed by atoms with Gasteiger partial charge >= 0.3 is 0 Å². The summed E-state index contributed by atoms with van der Waals surface area (Å²) in [5.41, 5.74) is 3.50. The number of hydrogen-bond donors (Lipinski definition) is 3. The van der Waals surface area contributed by atoms with Gasteiger partial charge in [-0.15, -0.1) is 5.10 Å². The van der Waals surface area contributed by atoms with Crippen molar-refractivity contribution in [2.45, 2.75) is 62.9 Å². The first kappa shape index (κ1) is 29.6. The molecule has 226 valence electrons. The molecule has 3 N–H and O–H groups in total. The normalized spacial score (nSPS) is 30.9. The fourth-order valence-corrected chi connectivity index (χ4v) is 7.19. The monoisotopic (exact) mass is 621 g/mol. The van der Waals surface area contributed by atoms with Crippen molar-refractivity contribution in [3.05, 3.63) is 57.1 Å². The quantitative estimate of drug-likeness (QED) is 0.409. The Morgan fingerprint density at radius 2 is 1.93 bits per heavy atom. The van der Waals surface area contributed by atoms with Crippen LogP contribution in [0.5, 0.6) is 0 Å². The molecule has 42 heavy (non-hydrogen) atoms. The molecule has 5 heterocycles. The summed E-state index contributed by atoms with van der Waals surface area (Å²) in [7, 11) is 2.07. The highest BCUT2D eigenvalue weighted by Crippen LogP contribution is 2.35. The van der Waals surface area contributed by atoms with Crippen LogP contribution >= 0.6 is 23.2 Å². The van der Waals surface area contributed by atoms with Crippen LogP contribution < -0.4 is 21.6 Å². The highest BCUT2D eigenvalue weighted by atomic mass is 35.5. The van der Waals surface area contributed by atoms with Crippen LogP contribution in [-0.4, -0.2) is 80.5 Å². The summed E-state index contributed by atoms with van der Waals surface area (Å²) in [5, 5.41) is 17.1. The number of likely N-dealkylation sites (N-methyl/N-ethyl adjacent to an activating group) is 1. The number of hydrazine groups is 1. The number of aromatic nitrogens is 5. The van der Waals surface area contributed by atoms with Gasteiger partial charge in [0.25, 0.3) is 5.56 Å². The van der Waals surface area contributed by atoms with E-state index in [2.05, 4.69) is 43.4 Å². The van der Waals surface area contributed by atoms with Crippen molar-refractivity contribution in [2.24, 2.45) is 11.8 Å². The first-order chi connectivity index (χ1) is 20.2. The van der Waals surface area contributed by atoms with Gasteiger partial charge in [-0.25, -0.2) is 23.5 Å². The molecular formula is C28H35Cl2F2N9O. The van der Waals surface area contributed by atoms with Crippen molar-refractivity contribution in [3.8, 4) is 16.9 Å². The zero-order valence-electron chi connectivity index (χ0n) is 23.5. The third-order valence-electron chi connectivity index (χ3n) is 9.14. The fraction of sp³-hybridized carbons (Fsp3) is 0.571. The average molecular weight is 623 g/mol. The predicted molar refractivity (Wildman–Crippen MR) is 157 cm³/mol. The van der Waals surface area contributed by atoms with E-state index in [1.54, 1.807) is 10.6 Å². The van der Waals surface area contributed by atoms with Gasteiger partial charge in [-0.1, -0.05) is 35.3 Å². The molecule has 0 radical (unpaired) electrons. The summed E-state index contributed by atoms with van der Waals surface area (Å²) >= 11 is 12.1. The Kier molecular flexibility index (Phi) is 8.63. The van der Waals surface area contributed by atoms with Crippen LogP contribution in [0.4, 0.5) is 8.78 Å². The Labute approximate surface area is 252 Å². The SMILES string of the molecule is C[C@H]1CNC2CNN(C)C2C2CCNC(C2)[C@@H](n2cnc(-c3c(-n4cc(Cl)nn4)ccc(Cl)c3F)cc2=O)CCC1F. The standard InChI is InChI=1S/C28H35Cl2F2N9O/c1-15-11-34-21-12-36-39(2)28(21)16-7-8-33-19(9-16)22(6-4-18(15)31)40-14-35-20(10-25(40)42)26-23(5-3-17(29)27(26)32)41-13-24(30)37-38-41/h3,5,10,13-16,18-19,21-22,28,33-34,36H,4,6-9,11-12H2,1-2H3/t15-,16?,18?,19?,21?,22-,28?/m0/s1. The number of fused-ring (bicyclic) bond motifs is 4. The van der Waals surface area contributed by atoms with E-state index in [1.165, 1.54) is 29.3 Å². The Bertz CT molecular complexity index is 1490. The zero-order valence-corrected chi connectivity index (χ0v) is 25.0. The van der Waals surface area contributed by atoms with Gasteiger partial charge in [0.05, 0.1) is 40.5 Å². The molecule has 1 aromatic carbocycles. The molecule has 3 fully saturated rings. The maximum Gasteiger partial charge on any atom is 0.254 e. The molecule has 0 spiro atoms. The molecule has 0 aliphatic carbocycles. The van der Waals surface area contributed by atoms with Gasteiger partial charge in [0, 0.05) is 44.3 Å². The molecule has 3 saturated heterocycles. The predicted octanol–water partition coefficient (Wildman–Crippen LogP) is 3.39. The van der Waals surface area contributed by atoms with Crippen molar-refractivity contribution in [3.63, 3.8) is 0 Å². The first-order valence-electron chi connectivity index (χ1n) is 14.4. The van der Waals surface area contributed by atoms with Crippen LogP contribution in [0.3, 0.4) is 0 Å². The van der Waals surface area contributed by atoms with Crippen LogP contribution in [-0.2, 0) is 0 Å². The van der Waals surface area contributed by atoms with Crippen LogP contribution in [0.15, 0.2) is 35.5 Å². The van der Waals surface area contributed by atoms with E-state index in [0.717, 1.165) is 25.9 Å². The van der Waals surface area contributed by atoms with E-state index >= 15 is 8.78 Å². The van der Waals surface area contributed by atoms with Crippen molar-refractivity contribution >= 4 is 23.2 Å². The molecule has 0 amide bonds. The lowest BCUT2D eigenvalue weighted by atomic mass is 9.79. The van der Waals surface area contributed by atoms with E-state index in [-0.39, 0.29) is 62.8 Å². The second-order valence-corrected chi connectivity index (χ2v) is 12.5. The highest BCUT2D eigenvalue weighted by molar-refractivity contribution is 6.31. The van der Waals surface area contributed by atoms with Crippen molar-refractivity contribution < 1.29 is 8.78 Å². The third-order valence-corrected chi connectivity index (χ3v) is 9.60. The van der Waals surface area contributed by atoms with Crippen LogP contribution in [0.2, 0.25) is 10.2 Å². The average Bonchev–Trinajstić information content (AvgIpc) is 3.58. The lowest BCUT2D eigenvalue weighted by Crippen LogP contribution is -2.55. The topological polar surface area (TPSA) is 105 Å². The van der Waals surface area contributed by atoms with Gasteiger partial charge < -0.3 is 10.6 Å². The molecule has 5 unspecified atom stereocenters. The lowest BCUT2D eigenvalue weighted by Gasteiger charge is -2.42. The number of piperidine rings is 1. The Hall–Kier alpha value is -2.48. The van der Waals surface area contributed by atoms with Gasteiger partial charge in [-0.05, 0) is 56.2 Å². The fourth-order valence-electron chi connectivity index (χ4n) is 6.91. The summed E-state index contributed by atoms with van der Waals surface area (Å²) in [6.45, 7) is 4.13. The van der Waals surface area contributed by atoms with Gasteiger partial charge in [0.1, 0.15) is 6.17 Å². The summed E-state index contributed by atoms with van der Waals surface area (Å²) < 4.78 is 33.7. The van der Waals surface area contributed by atoms with Gasteiger partial charge in [-0.2, -0.15) is 0 Å². The molecule has 3 aliphatic heterocycles. The lowest BCUT2D eigenvalue weighted by molar-refractivity contribution is 0.101. The second-order valence-electron chi connectivity index (χ2n) is 11.7. The number of benzene rings is 1. The van der Waals surface area contributed by atoms with E-state index < -0.39 is 12.0 Å². The third kappa shape index (κ3) is 5.72. The molecular weight excluding hydrogens is 587 g/mol. The van der Waals surface area contributed by atoms with E-state index in [9.17, 15) is 4.79 Å². The smallest absolute Gasteiger partial charge is 0.254 e. The molecule has 2 aromatic heterocycles. The first-order valence-corrected chi connectivity index (χ1v) is 15.2. The summed E-state index contributed by atoms with van der Waals surface area (Å²) in [4.78, 5) is 18.3. The molecule has 6 rings (SSSR count). The second kappa shape index (κ2) is 12.3. The van der Waals surface area contributed by atoms with Gasteiger partial charge in [0.2, 0.25) is 0 Å². The Morgan fingerprint density at radius 3 is 2.69 bits per heavy atom. The molecule has 2 bridgehead atoms. The Balaban J connectivity index is 1.37. The van der Waals surface area contributed by atoms with Crippen molar-refractivity contribution in [1.29, 1.82) is 0 Å².